The van der Waals surface area contributed by atoms with Crippen molar-refractivity contribution < 1.29 is 9.90 Å². The normalized spacial score (nSPS) is 22.2. The highest BCUT2D eigenvalue weighted by molar-refractivity contribution is 6.30. The lowest BCUT2D eigenvalue weighted by Crippen LogP contribution is -2.40. The van der Waals surface area contributed by atoms with Crippen molar-refractivity contribution in [3.63, 3.8) is 0 Å². The van der Waals surface area contributed by atoms with Gasteiger partial charge in [-0.15, -0.1) is 0 Å². The van der Waals surface area contributed by atoms with Crippen molar-refractivity contribution in [3.05, 3.63) is 59.1 Å². The van der Waals surface area contributed by atoms with E-state index >= 15 is 0 Å². The second kappa shape index (κ2) is 9.47. The number of rotatable bonds is 4. The van der Waals surface area contributed by atoms with Crippen molar-refractivity contribution in [1.82, 2.24) is 9.80 Å². The van der Waals surface area contributed by atoms with E-state index in [-0.39, 0.29) is 18.2 Å². The number of aliphatic hydroxyl groups is 1. The third kappa shape index (κ3) is 5.14. The molecule has 0 saturated carbocycles. The molecule has 31 heavy (non-hydrogen) atoms. The van der Waals surface area contributed by atoms with Gasteiger partial charge in [0.1, 0.15) is 0 Å². The van der Waals surface area contributed by atoms with Gasteiger partial charge in [0.2, 0.25) is 0 Å². The molecule has 0 bridgehead atoms. The SMILES string of the molecule is CN(C)C1CN(c2ccc(NC(=O)N3CCC(c4ccc(Cl)cc4)CC3)cc2)CC1O. The van der Waals surface area contributed by atoms with Crippen LogP contribution in [-0.4, -0.2) is 73.4 Å². The molecule has 166 valence electrons. The second-order valence-electron chi connectivity index (χ2n) is 8.79. The largest absolute Gasteiger partial charge is 0.390 e. The number of benzene rings is 2. The number of amides is 2. The minimum absolute atomic E-state index is 0.0495. The van der Waals surface area contributed by atoms with Crippen molar-refractivity contribution >= 4 is 29.0 Å². The number of hydrogen-bond donors (Lipinski definition) is 2. The Balaban J connectivity index is 1.29. The monoisotopic (exact) mass is 442 g/mol. The van der Waals surface area contributed by atoms with E-state index in [2.05, 4.69) is 27.2 Å². The highest BCUT2D eigenvalue weighted by atomic mass is 35.5. The lowest BCUT2D eigenvalue weighted by atomic mass is 9.89. The molecule has 0 aliphatic carbocycles. The predicted octanol–water partition coefficient (Wildman–Crippen LogP) is 3.86. The average molecular weight is 443 g/mol. The summed E-state index contributed by atoms with van der Waals surface area (Å²) in [5.41, 5.74) is 3.14. The van der Waals surface area contributed by atoms with E-state index in [1.165, 1.54) is 5.56 Å². The molecule has 2 aromatic rings. The summed E-state index contributed by atoms with van der Waals surface area (Å²) in [6.45, 7) is 2.91. The Hall–Kier alpha value is -2.28. The van der Waals surface area contributed by atoms with Crippen LogP contribution in [0.1, 0.15) is 24.3 Å². The molecule has 0 spiro atoms. The summed E-state index contributed by atoms with van der Waals surface area (Å²) in [4.78, 5) is 18.8. The average Bonchev–Trinajstić information content (AvgIpc) is 3.17. The number of hydrogen-bond acceptors (Lipinski definition) is 4. The van der Waals surface area contributed by atoms with Crippen LogP contribution in [0.15, 0.2) is 48.5 Å². The van der Waals surface area contributed by atoms with Gasteiger partial charge >= 0.3 is 6.03 Å². The third-order valence-corrected chi connectivity index (χ3v) is 6.78. The minimum atomic E-state index is -0.356. The number of aliphatic hydroxyl groups excluding tert-OH is 1. The van der Waals surface area contributed by atoms with Gasteiger partial charge in [0, 0.05) is 42.6 Å². The van der Waals surface area contributed by atoms with Crippen molar-refractivity contribution in [1.29, 1.82) is 0 Å². The van der Waals surface area contributed by atoms with E-state index < -0.39 is 0 Å². The van der Waals surface area contributed by atoms with Crippen LogP contribution in [0.3, 0.4) is 0 Å². The number of likely N-dealkylation sites (N-methyl/N-ethyl adjacent to an activating group) is 1. The smallest absolute Gasteiger partial charge is 0.321 e. The van der Waals surface area contributed by atoms with Crippen LogP contribution in [0.2, 0.25) is 5.02 Å². The van der Waals surface area contributed by atoms with Gasteiger partial charge in [-0.3, -0.25) is 0 Å². The number of urea groups is 1. The molecule has 2 saturated heterocycles. The Morgan fingerprint density at radius 2 is 1.68 bits per heavy atom. The molecule has 2 amide bonds. The van der Waals surface area contributed by atoms with E-state index in [0.717, 1.165) is 48.9 Å². The van der Waals surface area contributed by atoms with Crippen molar-refractivity contribution in [2.75, 3.05) is 50.5 Å². The lowest BCUT2D eigenvalue weighted by molar-refractivity contribution is 0.114. The Morgan fingerprint density at radius 3 is 2.26 bits per heavy atom. The maximum Gasteiger partial charge on any atom is 0.321 e. The van der Waals surface area contributed by atoms with Crippen molar-refractivity contribution in [3.8, 4) is 0 Å². The number of nitrogens with zero attached hydrogens (tertiary/aromatic N) is 3. The second-order valence-corrected chi connectivity index (χ2v) is 9.23. The molecule has 2 aromatic carbocycles. The summed E-state index contributed by atoms with van der Waals surface area (Å²) in [5.74, 6) is 0.474. The molecule has 0 radical (unpaired) electrons. The maximum absolute atomic E-state index is 12.7. The summed E-state index contributed by atoms with van der Waals surface area (Å²) >= 11 is 5.99. The summed E-state index contributed by atoms with van der Waals surface area (Å²) in [6, 6.07) is 16.0. The molecule has 7 heteroatoms. The minimum Gasteiger partial charge on any atom is -0.390 e. The topological polar surface area (TPSA) is 59.0 Å². The van der Waals surface area contributed by atoms with E-state index in [4.69, 9.17) is 11.6 Å². The number of piperidine rings is 1. The molecule has 2 atom stereocenters. The molecular formula is C24H31ClN4O2. The fraction of sp³-hybridized carbons (Fsp3) is 0.458. The first kappa shape index (κ1) is 21.9. The van der Waals surface area contributed by atoms with E-state index in [1.54, 1.807) is 0 Å². The first-order valence-electron chi connectivity index (χ1n) is 10.9. The lowest BCUT2D eigenvalue weighted by Gasteiger charge is -2.32. The molecular weight excluding hydrogens is 412 g/mol. The molecule has 2 aliphatic heterocycles. The van der Waals surface area contributed by atoms with Crippen LogP contribution in [0.25, 0.3) is 0 Å². The van der Waals surface area contributed by atoms with E-state index in [0.29, 0.717) is 12.5 Å². The van der Waals surface area contributed by atoms with Gasteiger partial charge < -0.3 is 25.1 Å². The molecule has 2 heterocycles. The van der Waals surface area contributed by atoms with Gasteiger partial charge in [0.15, 0.2) is 0 Å². The zero-order valence-electron chi connectivity index (χ0n) is 18.2. The van der Waals surface area contributed by atoms with Gasteiger partial charge in [0.05, 0.1) is 12.1 Å². The Labute approximate surface area is 189 Å². The fourth-order valence-electron chi connectivity index (χ4n) is 4.60. The molecule has 2 fully saturated rings. The van der Waals surface area contributed by atoms with Crippen LogP contribution in [-0.2, 0) is 0 Å². The van der Waals surface area contributed by atoms with Crippen LogP contribution in [0, 0.1) is 0 Å². The molecule has 2 unspecified atom stereocenters. The molecule has 2 N–H and O–H groups in total. The third-order valence-electron chi connectivity index (χ3n) is 6.53. The van der Waals surface area contributed by atoms with E-state index in [9.17, 15) is 9.90 Å². The quantitative estimate of drug-likeness (QED) is 0.754. The van der Waals surface area contributed by atoms with Gasteiger partial charge in [-0.2, -0.15) is 0 Å². The van der Waals surface area contributed by atoms with Gasteiger partial charge in [-0.1, -0.05) is 23.7 Å². The number of β-amino-alcohol motifs (C(OH)–C–C–N with tert-alkyl or cyclic N) is 1. The predicted molar refractivity (Wildman–Crippen MR) is 126 cm³/mol. The van der Waals surface area contributed by atoms with Crippen LogP contribution in [0.5, 0.6) is 0 Å². The number of nitrogens with one attached hydrogen (secondary N) is 1. The van der Waals surface area contributed by atoms with Crippen LogP contribution >= 0.6 is 11.6 Å². The summed E-state index contributed by atoms with van der Waals surface area (Å²) in [6.07, 6.45) is 1.56. The number of halogens is 1. The highest BCUT2D eigenvalue weighted by Gasteiger charge is 2.32. The molecule has 2 aliphatic rings. The first-order chi connectivity index (χ1) is 14.9. The summed E-state index contributed by atoms with van der Waals surface area (Å²) < 4.78 is 0. The van der Waals surface area contributed by atoms with Crippen LogP contribution < -0.4 is 10.2 Å². The Morgan fingerprint density at radius 1 is 1.03 bits per heavy atom. The zero-order valence-corrected chi connectivity index (χ0v) is 18.9. The number of anilines is 2. The first-order valence-corrected chi connectivity index (χ1v) is 11.3. The summed E-state index contributed by atoms with van der Waals surface area (Å²) in [7, 11) is 3.99. The van der Waals surface area contributed by atoms with Gasteiger partial charge in [-0.25, -0.2) is 4.79 Å². The van der Waals surface area contributed by atoms with Crippen molar-refractivity contribution in [2.45, 2.75) is 30.9 Å². The fourth-order valence-corrected chi connectivity index (χ4v) is 4.72. The van der Waals surface area contributed by atoms with Gasteiger partial charge in [-0.05, 0) is 74.8 Å². The Kier molecular flexibility index (Phi) is 6.70. The van der Waals surface area contributed by atoms with Crippen LogP contribution in [0.4, 0.5) is 16.2 Å². The van der Waals surface area contributed by atoms with Gasteiger partial charge in [0.25, 0.3) is 0 Å². The summed E-state index contributed by atoms with van der Waals surface area (Å²) in [5, 5.41) is 14.0. The molecule has 6 nitrogen and oxygen atoms in total. The standard InChI is InChI=1S/C24H31ClN4O2/c1-27(2)22-15-29(16-23(22)30)21-9-7-20(8-10-21)26-24(31)28-13-11-18(12-14-28)17-3-5-19(25)6-4-17/h3-10,18,22-23,30H,11-16H2,1-2H3,(H,26,31). The molecule has 0 aromatic heterocycles. The number of carbonyl (C=O) groups is 1. The molecule has 4 rings (SSSR count). The maximum atomic E-state index is 12.7. The number of likely N-dealkylation sites (tertiary alicyclic amines) is 1. The zero-order chi connectivity index (χ0) is 22.0. The van der Waals surface area contributed by atoms with E-state index in [1.807, 2.05) is 55.4 Å². The van der Waals surface area contributed by atoms with Crippen molar-refractivity contribution in [2.24, 2.45) is 0 Å². The Bertz CT molecular complexity index is 879. The number of carbonyl (C=O) groups excluding carboxylic acids is 1. The highest BCUT2D eigenvalue weighted by Crippen LogP contribution is 2.29.